The van der Waals surface area contributed by atoms with E-state index in [9.17, 15) is 10.1 Å². The number of aliphatic hydroxyl groups excluding tert-OH is 1. The van der Waals surface area contributed by atoms with Crippen LogP contribution in [0.15, 0.2) is 18.2 Å². The quantitative estimate of drug-likeness (QED) is 0.614. The summed E-state index contributed by atoms with van der Waals surface area (Å²) in [7, 11) is 1.79. The summed E-state index contributed by atoms with van der Waals surface area (Å²) in [5.74, 6) is 0. The van der Waals surface area contributed by atoms with Gasteiger partial charge in [-0.2, -0.15) is 0 Å². The Morgan fingerprint density at radius 3 is 3.05 bits per heavy atom. The second-order valence-electron chi connectivity index (χ2n) is 4.76. The molecule has 2 rings (SSSR count). The van der Waals surface area contributed by atoms with Crippen molar-refractivity contribution in [2.24, 2.45) is 0 Å². The van der Waals surface area contributed by atoms with E-state index in [2.05, 4.69) is 10.2 Å². The van der Waals surface area contributed by atoms with Crippen LogP contribution in [0.3, 0.4) is 0 Å². The monoisotopic (exact) mass is 281 g/mol. The highest BCUT2D eigenvalue weighted by atomic mass is 16.6. The van der Waals surface area contributed by atoms with Gasteiger partial charge in [0.1, 0.15) is 0 Å². The third-order valence-electron chi connectivity index (χ3n) is 3.39. The molecular formula is C13H19N3O4. The van der Waals surface area contributed by atoms with E-state index in [1.54, 1.807) is 19.2 Å². The van der Waals surface area contributed by atoms with Crippen molar-refractivity contribution in [3.05, 3.63) is 33.9 Å². The van der Waals surface area contributed by atoms with Crippen LogP contribution in [0.2, 0.25) is 0 Å². The molecule has 1 heterocycles. The van der Waals surface area contributed by atoms with Gasteiger partial charge in [0, 0.05) is 44.5 Å². The molecule has 0 radical (unpaired) electrons. The molecule has 7 nitrogen and oxygen atoms in total. The first kappa shape index (κ1) is 14.7. The Kier molecular flexibility index (Phi) is 4.89. The fourth-order valence-electron chi connectivity index (χ4n) is 2.34. The summed E-state index contributed by atoms with van der Waals surface area (Å²) >= 11 is 0. The van der Waals surface area contributed by atoms with Gasteiger partial charge in [-0.3, -0.25) is 15.0 Å². The van der Waals surface area contributed by atoms with E-state index in [0.717, 1.165) is 17.8 Å². The molecule has 1 atom stereocenters. The van der Waals surface area contributed by atoms with E-state index in [-0.39, 0.29) is 18.4 Å². The largest absolute Gasteiger partial charge is 0.394 e. The van der Waals surface area contributed by atoms with Crippen LogP contribution in [0.5, 0.6) is 0 Å². The van der Waals surface area contributed by atoms with Crippen molar-refractivity contribution >= 4 is 11.4 Å². The van der Waals surface area contributed by atoms with Crippen molar-refractivity contribution in [3.8, 4) is 0 Å². The molecule has 0 aromatic heterocycles. The van der Waals surface area contributed by atoms with Crippen molar-refractivity contribution in [2.75, 3.05) is 38.7 Å². The molecule has 0 bridgehead atoms. The van der Waals surface area contributed by atoms with E-state index < -0.39 is 4.92 Å². The summed E-state index contributed by atoms with van der Waals surface area (Å²) in [5.41, 5.74) is 1.84. The number of nitro groups is 1. The van der Waals surface area contributed by atoms with Gasteiger partial charge in [-0.15, -0.1) is 0 Å². The fourth-order valence-corrected chi connectivity index (χ4v) is 2.34. The van der Waals surface area contributed by atoms with Gasteiger partial charge in [-0.1, -0.05) is 0 Å². The van der Waals surface area contributed by atoms with Gasteiger partial charge in [-0.05, 0) is 11.6 Å². The number of nitrogens with zero attached hydrogens (tertiary/aromatic N) is 2. The van der Waals surface area contributed by atoms with E-state index in [1.165, 1.54) is 6.07 Å². The van der Waals surface area contributed by atoms with Gasteiger partial charge in [0.15, 0.2) is 0 Å². The van der Waals surface area contributed by atoms with Crippen molar-refractivity contribution in [1.82, 2.24) is 4.90 Å². The lowest BCUT2D eigenvalue weighted by atomic mass is 10.1. The average molecular weight is 281 g/mol. The molecule has 20 heavy (non-hydrogen) atoms. The Morgan fingerprint density at radius 1 is 1.60 bits per heavy atom. The van der Waals surface area contributed by atoms with Gasteiger partial charge < -0.3 is 15.2 Å². The maximum atomic E-state index is 10.9. The summed E-state index contributed by atoms with van der Waals surface area (Å²) in [6.07, 6.45) is -0.180. The second kappa shape index (κ2) is 6.65. The zero-order valence-corrected chi connectivity index (χ0v) is 11.4. The highest BCUT2D eigenvalue weighted by Crippen LogP contribution is 2.24. The summed E-state index contributed by atoms with van der Waals surface area (Å²) in [6.45, 7) is 2.53. The number of benzene rings is 1. The van der Waals surface area contributed by atoms with E-state index in [4.69, 9.17) is 9.84 Å². The molecule has 2 N–H and O–H groups in total. The lowest BCUT2D eigenvalue weighted by Crippen LogP contribution is -2.43. The van der Waals surface area contributed by atoms with E-state index in [0.29, 0.717) is 19.7 Å². The smallest absolute Gasteiger partial charge is 0.269 e. The number of aliphatic hydroxyl groups is 1. The number of hydrogen-bond acceptors (Lipinski definition) is 6. The summed E-state index contributed by atoms with van der Waals surface area (Å²) in [5, 5.41) is 23.0. The molecule has 1 fully saturated rings. The molecule has 1 aromatic carbocycles. The normalized spacial score (nSPS) is 19.8. The van der Waals surface area contributed by atoms with Crippen molar-refractivity contribution in [3.63, 3.8) is 0 Å². The van der Waals surface area contributed by atoms with Crippen LogP contribution in [-0.4, -0.2) is 54.4 Å². The van der Waals surface area contributed by atoms with Crippen molar-refractivity contribution in [1.29, 1.82) is 0 Å². The summed E-state index contributed by atoms with van der Waals surface area (Å²) in [6, 6.07) is 4.80. The molecule has 1 unspecified atom stereocenters. The molecule has 110 valence electrons. The van der Waals surface area contributed by atoms with Crippen LogP contribution < -0.4 is 5.32 Å². The van der Waals surface area contributed by atoms with Gasteiger partial charge in [0.05, 0.1) is 24.2 Å². The minimum absolute atomic E-state index is 0.00960. The first-order valence-corrected chi connectivity index (χ1v) is 6.54. The first-order valence-electron chi connectivity index (χ1n) is 6.54. The van der Waals surface area contributed by atoms with Crippen molar-refractivity contribution in [2.45, 2.75) is 12.6 Å². The number of ether oxygens (including phenoxy) is 1. The zero-order valence-electron chi connectivity index (χ0n) is 11.4. The lowest BCUT2D eigenvalue weighted by Gasteiger charge is -2.32. The van der Waals surface area contributed by atoms with Crippen LogP contribution in [0.25, 0.3) is 0 Å². The lowest BCUT2D eigenvalue weighted by molar-refractivity contribution is -0.384. The number of morpholine rings is 1. The van der Waals surface area contributed by atoms with Gasteiger partial charge >= 0.3 is 0 Å². The Hall–Kier alpha value is -1.70. The molecule has 0 spiro atoms. The maximum Gasteiger partial charge on any atom is 0.269 e. The molecular weight excluding hydrogens is 262 g/mol. The van der Waals surface area contributed by atoms with Crippen LogP contribution in [-0.2, 0) is 11.3 Å². The van der Waals surface area contributed by atoms with Crippen LogP contribution in [0, 0.1) is 10.1 Å². The maximum absolute atomic E-state index is 10.9. The Labute approximate surface area is 117 Å². The van der Waals surface area contributed by atoms with Crippen LogP contribution in [0.4, 0.5) is 11.4 Å². The predicted molar refractivity (Wildman–Crippen MR) is 74.7 cm³/mol. The third kappa shape index (κ3) is 3.44. The van der Waals surface area contributed by atoms with E-state index in [1.807, 2.05) is 0 Å². The van der Waals surface area contributed by atoms with E-state index >= 15 is 0 Å². The minimum Gasteiger partial charge on any atom is -0.394 e. The highest BCUT2D eigenvalue weighted by molar-refractivity contribution is 5.55. The molecule has 0 aliphatic carbocycles. The minimum atomic E-state index is -0.390. The number of nitro benzene ring substituents is 1. The zero-order chi connectivity index (χ0) is 14.5. The predicted octanol–water partition coefficient (Wildman–Crippen LogP) is 0.830. The molecule has 1 aliphatic heterocycles. The number of anilines is 1. The van der Waals surface area contributed by atoms with Gasteiger partial charge in [0.2, 0.25) is 0 Å². The molecule has 0 amide bonds. The third-order valence-corrected chi connectivity index (χ3v) is 3.39. The highest BCUT2D eigenvalue weighted by Gasteiger charge is 2.21. The van der Waals surface area contributed by atoms with Crippen LogP contribution in [0.1, 0.15) is 5.56 Å². The standard InChI is InChI=1S/C13H19N3O4/c1-14-13-3-2-11(16(18)19)6-10(13)7-15-4-5-20-12(8-15)9-17/h2-3,6,12,14,17H,4-5,7-9H2,1H3. The second-order valence-corrected chi connectivity index (χ2v) is 4.76. The van der Waals surface area contributed by atoms with Crippen molar-refractivity contribution < 1.29 is 14.8 Å². The fraction of sp³-hybridized carbons (Fsp3) is 0.538. The number of non-ortho nitro benzene ring substituents is 1. The molecule has 1 aliphatic rings. The summed E-state index contributed by atoms with van der Waals surface area (Å²) in [4.78, 5) is 12.6. The van der Waals surface area contributed by atoms with Gasteiger partial charge in [-0.25, -0.2) is 0 Å². The number of hydrogen-bond donors (Lipinski definition) is 2. The Morgan fingerprint density at radius 2 is 2.40 bits per heavy atom. The average Bonchev–Trinajstić information content (AvgIpc) is 2.47. The summed E-state index contributed by atoms with van der Waals surface area (Å²) < 4.78 is 5.40. The number of rotatable bonds is 5. The SMILES string of the molecule is CNc1ccc([N+](=O)[O-])cc1CN1CCOC(CO)C1. The molecule has 7 heteroatoms. The molecule has 0 saturated carbocycles. The Balaban J connectivity index is 2.14. The Bertz CT molecular complexity index is 481. The first-order chi connectivity index (χ1) is 9.63. The van der Waals surface area contributed by atoms with Gasteiger partial charge in [0.25, 0.3) is 5.69 Å². The number of nitrogens with one attached hydrogen (secondary N) is 1. The van der Waals surface area contributed by atoms with Crippen LogP contribution >= 0.6 is 0 Å². The molecule has 1 saturated heterocycles. The topological polar surface area (TPSA) is 87.9 Å². The molecule has 1 aromatic rings.